The Labute approximate surface area is 188 Å². The number of fused-ring (bicyclic) bond motifs is 2. The third-order valence-corrected chi connectivity index (χ3v) is 5.89. The van der Waals surface area contributed by atoms with Crippen molar-refractivity contribution in [3.63, 3.8) is 0 Å². The van der Waals surface area contributed by atoms with Crippen molar-refractivity contribution in [2.75, 3.05) is 6.54 Å². The number of aromatic amines is 2. The predicted octanol–water partition coefficient (Wildman–Crippen LogP) is 3.12. The quantitative estimate of drug-likeness (QED) is 0.380. The number of hydrogen-bond donors (Lipinski definition) is 3. The zero-order valence-electron chi connectivity index (χ0n) is 17.7. The molecule has 2 heterocycles. The highest BCUT2D eigenvalue weighted by Gasteiger charge is 2.19. The molecule has 7 nitrogen and oxygen atoms in total. The van der Waals surface area contributed by atoms with Gasteiger partial charge in [-0.05, 0) is 29.3 Å². The standard InChI is InChI=1S/C26H22N4O3/c31-24(16-30-26(33)20-12-5-4-11-19(20)25(32)29-30)28-14-21(17-8-2-1-3-9-17)22-15-27-23-13-7-6-10-18(22)23/h1-13,15,21,27H,14,16H2,(H,28,31)(H,29,32). The van der Waals surface area contributed by atoms with Gasteiger partial charge in [0, 0.05) is 29.6 Å². The number of rotatable bonds is 6. The molecule has 1 atom stereocenters. The Kier molecular flexibility index (Phi) is 5.36. The number of benzene rings is 3. The molecule has 33 heavy (non-hydrogen) atoms. The van der Waals surface area contributed by atoms with Crippen molar-refractivity contribution in [1.29, 1.82) is 0 Å². The lowest BCUT2D eigenvalue weighted by Gasteiger charge is -2.18. The van der Waals surface area contributed by atoms with E-state index in [1.165, 1.54) is 0 Å². The van der Waals surface area contributed by atoms with Gasteiger partial charge in [0.05, 0.1) is 10.8 Å². The van der Waals surface area contributed by atoms with E-state index in [1.54, 1.807) is 24.3 Å². The molecule has 0 fully saturated rings. The SMILES string of the molecule is O=C(Cn1[nH]c(=O)c2ccccc2c1=O)NCC(c1ccccc1)c1c[nH]c2ccccc12. The first-order valence-electron chi connectivity index (χ1n) is 10.7. The zero-order valence-corrected chi connectivity index (χ0v) is 17.7. The van der Waals surface area contributed by atoms with Crippen molar-refractivity contribution in [2.45, 2.75) is 12.5 Å². The Morgan fingerprint density at radius 2 is 1.52 bits per heavy atom. The molecule has 3 N–H and O–H groups in total. The van der Waals surface area contributed by atoms with E-state index >= 15 is 0 Å². The topological polar surface area (TPSA) is 99.8 Å². The summed E-state index contributed by atoms with van der Waals surface area (Å²) in [5.74, 6) is -0.442. The Bertz CT molecular complexity index is 1560. The molecule has 0 bridgehead atoms. The van der Waals surface area contributed by atoms with Crippen molar-refractivity contribution >= 4 is 27.6 Å². The van der Waals surface area contributed by atoms with Crippen LogP contribution in [0.2, 0.25) is 0 Å². The lowest BCUT2D eigenvalue weighted by molar-refractivity contribution is -0.121. The summed E-state index contributed by atoms with van der Waals surface area (Å²) in [7, 11) is 0. The normalized spacial score (nSPS) is 12.1. The van der Waals surface area contributed by atoms with E-state index in [4.69, 9.17) is 0 Å². The van der Waals surface area contributed by atoms with E-state index < -0.39 is 11.1 Å². The minimum absolute atomic E-state index is 0.0846. The smallest absolute Gasteiger partial charge is 0.273 e. The third kappa shape index (κ3) is 3.96. The molecular weight excluding hydrogens is 416 g/mol. The van der Waals surface area contributed by atoms with E-state index in [-0.39, 0.29) is 23.8 Å². The van der Waals surface area contributed by atoms with Gasteiger partial charge in [0.2, 0.25) is 5.91 Å². The second kappa shape index (κ2) is 8.63. The average molecular weight is 438 g/mol. The molecule has 1 amide bonds. The largest absolute Gasteiger partial charge is 0.361 e. The van der Waals surface area contributed by atoms with Crippen LogP contribution in [0.4, 0.5) is 0 Å². The summed E-state index contributed by atoms with van der Waals surface area (Å²) in [5, 5.41) is 7.13. The van der Waals surface area contributed by atoms with Crippen LogP contribution in [0.25, 0.3) is 21.7 Å². The molecule has 0 aliphatic carbocycles. The first-order valence-corrected chi connectivity index (χ1v) is 10.7. The number of carbonyl (C=O) groups excluding carboxylic acids is 1. The number of aromatic nitrogens is 3. The predicted molar refractivity (Wildman–Crippen MR) is 128 cm³/mol. The van der Waals surface area contributed by atoms with Gasteiger partial charge in [-0.3, -0.25) is 19.5 Å². The lowest BCUT2D eigenvalue weighted by Crippen LogP contribution is -2.38. The van der Waals surface area contributed by atoms with Crippen LogP contribution in [-0.4, -0.2) is 27.2 Å². The summed E-state index contributed by atoms with van der Waals surface area (Å²) < 4.78 is 1.06. The minimum Gasteiger partial charge on any atom is -0.361 e. The number of para-hydroxylation sites is 1. The lowest BCUT2D eigenvalue weighted by atomic mass is 9.91. The minimum atomic E-state index is -0.406. The van der Waals surface area contributed by atoms with Gasteiger partial charge in [-0.1, -0.05) is 60.7 Å². The Hall–Kier alpha value is -4.39. The van der Waals surface area contributed by atoms with Crippen molar-refractivity contribution in [2.24, 2.45) is 0 Å². The maximum Gasteiger partial charge on any atom is 0.273 e. The van der Waals surface area contributed by atoms with Gasteiger partial charge in [0.25, 0.3) is 11.1 Å². The molecule has 0 aliphatic rings. The molecule has 7 heteroatoms. The van der Waals surface area contributed by atoms with Crippen LogP contribution in [0.1, 0.15) is 17.0 Å². The Balaban J connectivity index is 1.41. The fraction of sp³-hybridized carbons (Fsp3) is 0.115. The summed E-state index contributed by atoms with van der Waals surface area (Å²) >= 11 is 0. The average Bonchev–Trinajstić information content (AvgIpc) is 3.27. The monoisotopic (exact) mass is 438 g/mol. The summed E-state index contributed by atoms with van der Waals surface area (Å²) in [5.41, 5.74) is 2.36. The van der Waals surface area contributed by atoms with Gasteiger partial charge in [-0.2, -0.15) is 0 Å². The van der Waals surface area contributed by atoms with Crippen LogP contribution in [0.5, 0.6) is 0 Å². The van der Waals surface area contributed by atoms with Crippen LogP contribution in [0.15, 0.2) is 94.6 Å². The Morgan fingerprint density at radius 1 is 0.848 bits per heavy atom. The molecule has 5 rings (SSSR count). The highest BCUT2D eigenvalue weighted by atomic mass is 16.2. The van der Waals surface area contributed by atoms with Gasteiger partial charge in [0.1, 0.15) is 6.54 Å². The van der Waals surface area contributed by atoms with Gasteiger partial charge < -0.3 is 10.3 Å². The van der Waals surface area contributed by atoms with E-state index in [2.05, 4.69) is 21.5 Å². The Morgan fingerprint density at radius 3 is 2.30 bits per heavy atom. The fourth-order valence-corrected chi connectivity index (χ4v) is 4.25. The number of hydrogen-bond acceptors (Lipinski definition) is 3. The molecule has 3 aromatic carbocycles. The van der Waals surface area contributed by atoms with Crippen LogP contribution >= 0.6 is 0 Å². The molecular formula is C26H22N4O3. The molecule has 5 aromatic rings. The third-order valence-electron chi connectivity index (χ3n) is 5.89. The van der Waals surface area contributed by atoms with Gasteiger partial charge in [-0.25, -0.2) is 4.68 Å². The number of nitrogens with zero attached hydrogens (tertiary/aromatic N) is 1. The van der Waals surface area contributed by atoms with Gasteiger partial charge in [0.15, 0.2) is 0 Å². The summed E-state index contributed by atoms with van der Waals surface area (Å²) in [4.78, 5) is 41.1. The molecule has 0 saturated heterocycles. The van der Waals surface area contributed by atoms with Crippen LogP contribution in [0, 0.1) is 0 Å². The zero-order chi connectivity index (χ0) is 22.8. The molecule has 2 aromatic heterocycles. The summed E-state index contributed by atoms with van der Waals surface area (Å²) in [6, 6.07) is 24.6. The van der Waals surface area contributed by atoms with Crippen molar-refractivity contribution < 1.29 is 4.79 Å². The highest BCUT2D eigenvalue weighted by molar-refractivity contribution is 5.84. The number of nitrogens with one attached hydrogen (secondary N) is 3. The number of amides is 1. The fourth-order valence-electron chi connectivity index (χ4n) is 4.25. The van der Waals surface area contributed by atoms with Crippen LogP contribution in [-0.2, 0) is 11.3 Å². The highest BCUT2D eigenvalue weighted by Crippen LogP contribution is 2.30. The van der Waals surface area contributed by atoms with E-state index in [0.717, 1.165) is 26.7 Å². The van der Waals surface area contributed by atoms with E-state index in [1.807, 2.05) is 54.7 Å². The van der Waals surface area contributed by atoms with Crippen LogP contribution in [0.3, 0.4) is 0 Å². The van der Waals surface area contributed by atoms with Crippen molar-refractivity contribution in [3.05, 3.63) is 117 Å². The molecule has 0 radical (unpaired) electrons. The molecule has 0 aliphatic heterocycles. The first kappa shape index (κ1) is 20.5. The molecule has 0 spiro atoms. The summed E-state index contributed by atoms with van der Waals surface area (Å²) in [6.45, 7) is 0.0750. The van der Waals surface area contributed by atoms with Crippen molar-refractivity contribution in [1.82, 2.24) is 20.1 Å². The molecule has 164 valence electrons. The van der Waals surface area contributed by atoms with Gasteiger partial charge in [-0.15, -0.1) is 0 Å². The maximum atomic E-state index is 12.8. The second-order valence-electron chi connectivity index (χ2n) is 7.93. The van der Waals surface area contributed by atoms with Gasteiger partial charge >= 0.3 is 0 Å². The number of carbonyl (C=O) groups is 1. The number of H-pyrrole nitrogens is 2. The van der Waals surface area contributed by atoms with E-state index in [0.29, 0.717) is 11.9 Å². The second-order valence-corrected chi connectivity index (χ2v) is 7.93. The molecule has 1 unspecified atom stereocenters. The van der Waals surface area contributed by atoms with E-state index in [9.17, 15) is 14.4 Å². The van der Waals surface area contributed by atoms with Crippen LogP contribution < -0.4 is 16.4 Å². The maximum absolute atomic E-state index is 12.8. The first-order chi connectivity index (χ1) is 16.1. The van der Waals surface area contributed by atoms with Crippen molar-refractivity contribution in [3.8, 4) is 0 Å². The molecule has 0 saturated carbocycles. The summed E-state index contributed by atoms with van der Waals surface area (Å²) in [6.07, 6.45) is 1.97.